The molecule has 0 aliphatic rings. The number of hydrogen-bond acceptors (Lipinski definition) is 3. The number of para-hydroxylation sites is 1. The number of aromatic nitrogens is 2. The number of pyridine rings is 1. The van der Waals surface area contributed by atoms with Crippen LogP contribution in [0.5, 0.6) is 5.75 Å². The van der Waals surface area contributed by atoms with Crippen LogP contribution in [0, 0.1) is 0 Å². The lowest BCUT2D eigenvalue weighted by Crippen LogP contribution is -2.02. The van der Waals surface area contributed by atoms with Gasteiger partial charge in [-0.25, -0.2) is 4.98 Å². The van der Waals surface area contributed by atoms with Crippen LogP contribution in [0.1, 0.15) is 15.9 Å². The Balaban J connectivity index is 1.84. The van der Waals surface area contributed by atoms with Crippen molar-refractivity contribution in [3.63, 3.8) is 0 Å². The first-order chi connectivity index (χ1) is 11.3. The van der Waals surface area contributed by atoms with Crippen LogP contribution in [0.2, 0.25) is 0 Å². The zero-order valence-corrected chi connectivity index (χ0v) is 12.5. The summed E-state index contributed by atoms with van der Waals surface area (Å²) in [5, 5.41) is 2.02. The van der Waals surface area contributed by atoms with Gasteiger partial charge in [-0.2, -0.15) is 0 Å². The van der Waals surface area contributed by atoms with E-state index >= 15 is 0 Å². The highest BCUT2D eigenvalue weighted by Crippen LogP contribution is 2.25. The third-order valence-electron chi connectivity index (χ3n) is 3.95. The fourth-order valence-corrected chi connectivity index (χ4v) is 2.78. The van der Waals surface area contributed by atoms with Crippen LogP contribution in [0.15, 0.2) is 60.8 Å². The van der Waals surface area contributed by atoms with Crippen LogP contribution >= 0.6 is 0 Å². The average Bonchev–Trinajstić information content (AvgIpc) is 2.99. The maximum absolute atomic E-state index is 12.7. The Hall–Kier alpha value is -3.14. The highest BCUT2D eigenvalue weighted by molar-refractivity contribution is 6.13. The van der Waals surface area contributed by atoms with Gasteiger partial charge in [0.25, 0.3) is 0 Å². The van der Waals surface area contributed by atoms with Crippen LogP contribution in [0.3, 0.4) is 0 Å². The van der Waals surface area contributed by atoms with Crippen LogP contribution in [-0.4, -0.2) is 22.9 Å². The van der Waals surface area contributed by atoms with Gasteiger partial charge in [-0.1, -0.05) is 30.3 Å². The number of ether oxygens (including phenoxy) is 1. The van der Waals surface area contributed by atoms with Gasteiger partial charge in [-0.15, -0.1) is 0 Å². The van der Waals surface area contributed by atoms with Crippen molar-refractivity contribution in [1.82, 2.24) is 9.97 Å². The molecule has 0 amide bonds. The molecule has 23 heavy (non-hydrogen) atoms. The Bertz CT molecular complexity index is 1030. The smallest absolute Gasteiger partial charge is 0.194 e. The Morgan fingerprint density at radius 2 is 1.87 bits per heavy atom. The van der Waals surface area contributed by atoms with Gasteiger partial charge in [-0.3, -0.25) is 4.79 Å². The number of ketones is 1. The van der Waals surface area contributed by atoms with Crippen molar-refractivity contribution in [2.75, 3.05) is 7.11 Å². The second kappa shape index (κ2) is 5.25. The maximum atomic E-state index is 12.7. The van der Waals surface area contributed by atoms with Crippen molar-refractivity contribution in [2.45, 2.75) is 0 Å². The third-order valence-corrected chi connectivity index (χ3v) is 3.95. The van der Waals surface area contributed by atoms with E-state index in [1.807, 2.05) is 42.5 Å². The summed E-state index contributed by atoms with van der Waals surface area (Å²) < 4.78 is 5.18. The average molecular weight is 302 g/mol. The van der Waals surface area contributed by atoms with Crippen molar-refractivity contribution in [3.05, 3.63) is 71.9 Å². The summed E-state index contributed by atoms with van der Waals surface area (Å²) in [5.41, 5.74) is 2.95. The molecule has 0 spiro atoms. The summed E-state index contributed by atoms with van der Waals surface area (Å²) in [6.45, 7) is 0. The summed E-state index contributed by atoms with van der Waals surface area (Å²) in [4.78, 5) is 20.4. The highest BCUT2D eigenvalue weighted by Gasteiger charge is 2.13. The van der Waals surface area contributed by atoms with Gasteiger partial charge in [0.1, 0.15) is 11.4 Å². The zero-order chi connectivity index (χ0) is 15.8. The molecule has 4 heteroatoms. The summed E-state index contributed by atoms with van der Waals surface area (Å²) >= 11 is 0. The van der Waals surface area contributed by atoms with Crippen LogP contribution in [0.25, 0.3) is 21.9 Å². The summed E-state index contributed by atoms with van der Waals surface area (Å²) in [5.74, 6) is 0.598. The quantitative estimate of drug-likeness (QED) is 0.583. The van der Waals surface area contributed by atoms with Crippen LogP contribution in [0.4, 0.5) is 0 Å². The molecular weight excluding hydrogens is 288 g/mol. The normalized spacial score (nSPS) is 11.0. The molecular formula is C19H14N2O2. The molecule has 0 bridgehead atoms. The molecule has 2 aromatic carbocycles. The molecule has 0 radical (unpaired) electrons. The number of carbonyl (C=O) groups is 1. The van der Waals surface area contributed by atoms with Crippen molar-refractivity contribution in [3.8, 4) is 5.75 Å². The Labute approximate surface area is 132 Å². The minimum Gasteiger partial charge on any atom is -0.497 e. The number of methoxy groups -OCH3 is 1. The standard InChI is InChI=1S/C19H14N2O2/c1-23-14-6-4-5-12(9-14)18(22)13-10-16-15-7-2-3-8-17(15)21-19(16)20-11-13/h2-11H,1H3,(H,20,21). The van der Waals surface area contributed by atoms with E-state index in [9.17, 15) is 4.79 Å². The van der Waals surface area contributed by atoms with Gasteiger partial charge < -0.3 is 9.72 Å². The van der Waals surface area contributed by atoms with Gasteiger partial charge in [0, 0.05) is 33.6 Å². The minimum absolute atomic E-state index is 0.0661. The third kappa shape index (κ3) is 2.25. The molecule has 1 N–H and O–H groups in total. The fourth-order valence-electron chi connectivity index (χ4n) is 2.78. The molecule has 4 rings (SSSR count). The fraction of sp³-hybridized carbons (Fsp3) is 0.0526. The number of aromatic amines is 1. The summed E-state index contributed by atoms with van der Waals surface area (Å²) in [7, 11) is 1.59. The van der Waals surface area contributed by atoms with Crippen molar-refractivity contribution in [2.24, 2.45) is 0 Å². The van der Waals surface area contributed by atoms with Gasteiger partial charge >= 0.3 is 0 Å². The number of hydrogen-bond donors (Lipinski definition) is 1. The molecule has 0 saturated heterocycles. The molecule has 0 saturated carbocycles. The Morgan fingerprint density at radius 1 is 1.00 bits per heavy atom. The van der Waals surface area contributed by atoms with E-state index in [2.05, 4.69) is 9.97 Å². The van der Waals surface area contributed by atoms with Crippen molar-refractivity contribution < 1.29 is 9.53 Å². The molecule has 0 aliphatic carbocycles. The van der Waals surface area contributed by atoms with Gasteiger partial charge in [0.2, 0.25) is 0 Å². The Morgan fingerprint density at radius 3 is 2.74 bits per heavy atom. The monoisotopic (exact) mass is 302 g/mol. The van der Waals surface area contributed by atoms with Gasteiger partial charge in [-0.05, 0) is 24.3 Å². The predicted octanol–water partition coefficient (Wildman–Crippen LogP) is 3.96. The second-order valence-corrected chi connectivity index (χ2v) is 5.35. The Kier molecular flexibility index (Phi) is 3.08. The molecule has 0 atom stereocenters. The van der Waals surface area contributed by atoms with E-state index < -0.39 is 0 Å². The second-order valence-electron chi connectivity index (χ2n) is 5.35. The molecule has 4 aromatic rings. The number of nitrogens with zero attached hydrogens (tertiary/aromatic N) is 1. The molecule has 0 aliphatic heterocycles. The maximum Gasteiger partial charge on any atom is 0.194 e. The lowest BCUT2D eigenvalue weighted by atomic mass is 10.0. The lowest BCUT2D eigenvalue weighted by molar-refractivity contribution is 0.103. The van der Waals surface area contributed by atoms with Crippen LogP contribution in [-0.2, 0) is 0 Å². The lowest BCUT2D eigenvalue weighted by Gasteiger charge is -2.04. The molecule has 0 unspecified atom stereocenters. The van der Waals surface area contributed by atoms with E-state index in [1.54, 1.807) is 25.4 Å². The van der Waals surface area contributed by atoms with E-state index in [0.29, 0.717) is 16.9 Å². The van der Waals surface area contributed by atoms with E-state index in [0.717, 1.165) is 21.9 Å². The van der Waals surface area contributed by atoms with Gasteiger partial charge in [0.15, 0.2) is 5.78 Å². The first kappa shape index (κ1) is 13.5. The number of rotatable bonds is 3. The molecule has 112 valence electrons. The SMILES string of the molecule is COc1cccc(C(=O)c2cnc3[nH]c4ccccc4c3c2)c1. The molecule has 2 aromatic heterocycles. The predicted molar refractivity (Wildman–Crippen MR) is 90.0 cm³/mol. The van der Waals surface area contributed by atoms with Gasteiger partial charge in [0.05, 0.1) is 7.11 Å². The minimum atomic E-state index is -0.0661. The van der Waals surface area contributed by atoms with E-state index in [1.165, 1.54) is 0 Å². The number of fused-ring (bicyclic) bond motifs is 3. The zero-order valence-electron chi connectivity index (χ0n) is 12.5. The number of carbonyl (C=O) groups excluding carboxylic acids is 1. The largest absolute Gasteiger partial charge is 0.497 e. The molecule has 0 fully saturated rings. The topological polar surface area (TPSA) is 55.0 Å². The number of H-pyrrole nitrogens is 1. The first-order valence-electron chi connectivity index (χ1n) is 7.31. The first-order valence-corrected chi connectivity index (χ1v) is 7.31. The van der Waals surface area contributed by atoms with E-state index in [4.69, 9.17) is 4.74 Å². The number of nitrogens with one attached hydrogen (secondary N) is 1. The van der Waals surface area contributed by atoms with E-state index in [-0.39, 0.29) is 5.78 Å². The highest BCUT2D eigenvalue weighted by atomic mass is 16.5. The van der Waals surface area contributed by atoms with Crippen molar-refractivity contribution in [1.29, 1.82) is 0 Å². The van der Waals surface area contributed by atoms with Crippen molar-refractivity contribution >= 4 is 27.7 Å². The molecule has 4 nitrogen and oxygen atoms in total. The molecule has 2 heterocycles. The summed E-state index contributed by atoms with van der Waals surface area (Å²) in [6, 6.07) is 17.0. The van der Waals surface area contributed by atoms with Crippen LogP contribution < -0.4 is 4.74 Å². The number of benzene rings is 2. The summed E-state index contributed by atoms with van der Waals surface area (Å²) in [6.07, 6.45) is 1.61.